The summed E-state index contributed by atoms with van der Waals surface area (Å²) in [5.41, 5.74) is 4.55. The lowest BCUT2D eigenvalue weighted by Gasteiger charge is -2.38. The predicted molar refractivity (Wildman–Crippen MR) is 125 cm³/mol. The van der Waals surface area contributed by atoms with E-state index in [0.29, 0.717) is 5.92 Å². The van der Waals surface area contributed by atoms with E-state index in [4.69, 9.17) is 9.84 Å². The molecule has 9 heteroatoms. The molecule has 2 aromatic carbocycles. The lowest BCUT2D eigenvalue weighted by Crippen LogP contribution is -2.27. The van der Waals surface area contributed by atoms with Crippen molar-refractivity contribution in [2.24, 2.45) is 16.9 Å². The lowest BCUT2D eigenvalue weighted by atomic mass is 9.75. The molecule has 9 nitrogen and oxygen atoms in total. The quantitative estimate of drug-likeness (QED) is 0.343. The number of anilines is 3. The Balaban J connectivity index is 1.98. The first-order valence-electron chi connectivity index (χ1n) is 10.9. The Labute approximate surface area is 188 Å². The van der Waals surface area contributed by atoms with E-state index in [1.165, 1.54) is 31.4 Å². The van der Waals surface area contributed by atoms with Crippen LogP contribution in [0.15, 0.2) is 47.6 Å². The molecule has 174 valence electrons. The van der Waals surface area contributed by atoms with Gasteiger partial charge in [0, 0.05) is 11.6 Å². The molecule has 32 heavy (non-hydrogen) atoms. The molecule has 0 amide bonds. The molecule has 3 rings (SSSR count). The van der Waals surface area contributed by atoms with E-state index in [2.05, 4.69) is 12.3 Å². The van der Waals surface area contributed by atoms with Crippen molar-refractivity contribution in [3.63, 3.8) is 0 Å². The van der Waals surface area contributed by atoms with E-state index in [1.54, 1.807) is 7.11 Å². The number of methoxy groups -OCH3 is 1. The van der Waals surface area contributed by atoms with Crippen LogP contribution < -0.4 is 20.6 Å². The van der Waals surface area contributed by atoms with Crippen LogP contribution in [-0.4, -0.2) is 23.2 Å². The molecule has 1 aliphatic carbocycles. The fraction of sp³-hybridized carbons (Fsp3) is 0.435. The van der Waals surface area contributed by atoms with Gasteiger partial charge < -0.3 is 20.4 Å². The highest BCUT2D eigenvalue weighted by atomic mass is 16.8. The van der Waals surface area contributed by atoms with Crippen molar-refractivity contribution in [3.05, 3.63) is 58.4 Å². The molecule has 1 unspecified atom stereocenters. The van der Waals surface area contributed by atoms with E-state index in [1.807, 2.05) is 24.3 Å². The van der Waals surface area contributed by atoms with Gasteiger partial charge in [0.1, 0.15) is 11.4 Å². The monoisotopic (exact) mass is 442 g/mol. The van der Waals surface area contributed by atoms with Crippen molar-refractivity contribution in [1.29, 1.82) is 0 Å². The van der Waals surface area contributed by atoms with Gasteiger partial charge >= 0.3 is 0 Å². The van der Waals surface area contributed by atoms with Gasteiger partial charge in [-0.15, -0.1) is 5.23 Å². The van der Waals surface area contributed by atoms with Gasteiger partial charge in [-0.2, -0.15) is 5.10 Å². The maximum absolute atomic E-state index is 11.1. The van der Waals surface area contributed by atoms with Gasteiger partial charge in [-0.05, 0) is 73.2 Å². The average molecular weight is 443 g/mol. The maximum Gasteiger partial charge on any atom is 0.121 e. The molecule has 1 aliphatic rings. The first-order chi connectivity index (χ1) is 15.4. The van der Waals surface area contributed by atoms with Crippen LogP contribution in [0.5, 0.6) is 5.75 Å². The Morgan fingerprint density at radius 2 is 1.81 bits per heavy atom. The Kier molecular flexibility index (Phi) is 8.29. The Bertz CT molecular complexity index is 896. The fourth-order valence-electron chi connectivity index (χ4n) is 4.42. The number of hydrazone groups is 1. The summed E-state index contributed by atoms with van der Waals surface area (Å²) in [5, 5.41) is 45.2. The second-order valence-electron chi connectivity index (χ2n) is 8.00. The van der Waals surface area contributed by atoms with Gasteiger partial charge in [0.15, 0.2) is 0 Å². The zero-order valence-electron chi connectivity index (χ0n) is 18.4. The van der Waals surface area contributed by atoms with Gasteiger partial charge in [-0.1, -0.05) is 26.2 Å². The molecule has 1 saturated carbocycles. The second kappa shape index (κ2) is 11.1. The molecular weight excluding hydrogens is 412 g/mol. The Morgan fingerprint density at radius 3 is 2.38 bits per heavy atom. The van der Waals surface area contributed by atoms with Crippen molar-refractivity contribution in [2.75, 3.05) is 23.0 Å². The summed E-state index contributed by atoms with van der Waals surface area (Å²) >= 11 is 0. The third kappa shape index (κ3) is 5.68. The van der Waals surface area contributed by atoms with Crippen molar-refractivity contribution in [1.82, 2.24) is 0 Å². The summed E-state index contributed by atoms with van der Waals surface area (Å²) in [5.74, 6) is 1.48. The van der Waals surface area contributed by atoms with Gasteiger partial charge in [0.2, 0.25) is 0 Å². The van der Waals surface area contributed by atoms with Crippen LogP contribution in [0.1, 0.15) is 51.0 Å². The van der Waals surface area contributed by atoms with Crippen LogP contribution in [-0.2, 0) is 0 Å². The second-order valence-corrected chi connectivity index (χ2v) is 8.00. The molecule has 0 heterocycles. The third-order valence-corrected chi connectivity index (χ3v) is 6.10. The minimum absolute atomic E-state index is 0.143. The minimum Gasteiger partial charge on any atom is -0.769 e. The standard InChI is InChI=1S/C23H30N4O5/c1-3-20(16-7-5-4-6-8-16)23(17-9-12-19(32-2)13-10-17)25-24-21-14-11-18(26(28)29)15-22(21)27(30)31/h9-16,20,24,30-31H,3-8H2,1-2H3/q-2. The van der Waals surface area contributed by atoms with E-state index < -0.39 is 5.23 Å². The number of nitrogens with one attached hydrogen (secondary N) is 1. The molecule has 0 spiro atoms. The molecule has 1 atom stereocenters. The molecule has 3 N–H and O–H groups in total. The van der Waals surface area contributed by atoms with Crippen LogP contribution in [0, 0.1) is 22.3 Å². The van der Waals surface area contributed by atoms with E-state index in [0.717, 1.165) is 42.4 Å². The van der Waals surface area contributed by atoms with Gasteiger partial charge in [0.25, 0.3) is 0 Å². The van der Waals surface area contributed by atoms with Gasteiger partial charge in [-0.3, -0.25) is 15.8 Å². The Morgan fingerprint density at radius 1 is 1.12 bits per heavy atom. The van der Waals surface area contributed by atoms with Gasteiger partial charge in [0.05, 0.1) is 18.5 Å². The summed E-state index contributed by atoms with van der Waals surface area (Å²) in [6.45, 7) is 2.15. The fourth-order valence-corrected chi connectivity index (χ4v) is 4.42. The van der Waals surface area contributed by atoms with Crippen molar-refractivity contribution in [2.45, 2.75) is 45.4 Å². The largest absolute Gasteiger partial charge is 0.769 e. The molecule has 0 aliphatic heterocycles. The highest BCUT2D eigenvalue weighted by Gasteiger charge is 2.27. The zero-order chi connectivity index (χ0) is 23.1. The van der Waals surface area contributed by atoms with Crippen LogP contribution >= 0.6 is 0 Å². The van der Waals surface area contributed by atoms with E-state index in [-0.39, 0.29) is 28.2 Å². The SMILES string of the molecule is CCC(C(=NNc1ccc(N([O-])[O-])cc1N(O)O)c1ccc(OC)cc1)C1CCCCC1. The molecule has 0 bridgehead atoms. The number of hydrogen-bond acceptors (Lipinski definition) is 9. The van der Waals surface area contributed by atoms with E-state index >= 15 is 0 Å². The number of rotatable bonds is 9. The number of benzene rings is 2. The number of ether oxygens (including phenoxy) is 1. The summed E-state index contributed by atoms with van der Waals surface area (Å²) in [7, 11) is 1.62. The molecule has 0 aromatic heterocycles. The van der Waals surface area contributed by atoms with Crippen LogP contribution in [0.25, 0.3) is 0 Å². The third-order valence-electron chi connectivity index (χ3n) is 6.10. The lowest BCUT2D eigenvalue weighted by molar-refractivity contribution is 0.0295. The van der Waals surface area contributed by atoms with Crippen molar-refractivity contribution >= 4 is 22.8 Å². The summed E-state index contributed by atoms with van der Waals surface area (Å²) in [6, 6.07) is 11.5. The van der Waals surface area contributed by atoms with E-state index in [9.17, 15) is 20.8 Å². The highest BCUT2D eigenvalue weighted by Crippen LogP contribution is 2.35. The molecule has 1 fully saturated rings. The topological polar surface area (TPSA) is 127 Å². The molecule has 2 aromatic rings. The highest BCUT2D eigenvalue weighted by molar-refractivity contribution is 6.03. The maximum atomic E-state index is 11.1. The summed E-state index contributed by atoms with van der Waals surface area (Å²) in [6.07, 6.45) is 6.89. The zero-order valence-corrected chi connectivity index (χ0v) is 18.4. The average Bonchev–Trinajstić information content (AvgIpc) is 2.82. The normalized spacial score (nSPS) is 15.9. The predicted octanol–water partition coefficient (Wildman–Crippen LogP) is 5.50. The molecular formula is C23H30N4O5-2. The first-order valence-corrected chi connectivity index (χ1v) is 10.9. The van der Waals surface area contributed by atoms with Crippen molar-refractivity contribution in [3.8, 4) is 5.75 Å². The molecule has 0 saturated heterocycles. The number of hydrogen-bond donors (Lipinski definition) is 3. The molecule has 0 radical (unpaired) electrons. The Hall–Kier alpha value is -2.85. The van der Waals surface area contributed by atoms with Crippen LogP contribution in [0.2, 0.25) is 0 Å². The minimum atomic E-state index is -0.598. The smallest absolute Gasteiger partial charge is 0.121 e. The van der Waals surface area contributed by atoms with Crippen LogP contribution in [0.4, 0.5) is 17.1 Å². The van der Waals surface area contributed by atoms with Crippen LogP contribution in [0.3, 0.4) is 0 Å². The van der Waals surface area contributed by atoms with Gasteiger partial charge in [-0.25, -0.2) is 0 Å². The summed E-state index contributed by atoms with van der Waals surface area (Å²) < 4.78 is 5.28. The summed E-state index contributed by atoms with van der Waals surface area (Å²) in [4.78, 5) is 0. The van der Waals surface area contributed by atoms with Crippen molar-refractivity contribution < 1.29 is 15.2 Å². The number of nitrogens with zero attached hydrogens (tertiary/aromatic N) is 3. The first kappa shape index (κ1) is 23.8.